The van der Waals surface area contributed by atoms with Gasteiger partial charge in [0.05, 0.1) is 60.5 Å². The Morgan fingerprint density at radius 1 is 0.708 bits per heavy atom. The van der Waals surface area contributed by atoms with E-state index in [9.17, 15) is 19.2 Å². The third-order valence-electron chi connectivity index (χ3n) is 13.1. The summed E-state index contributed by atoms with van der Waals surface area (Å²) in [4.78, 5) is 74.3. The van der Waals surface area contributed by atoms with Gasteiger partial charge in [0, 0.05) is 38.0 Å². The van der Waals surface area contributed by atoms with Gasteiger partial charge >= 0.3 is 12.2 Å². The van der Waals surface area contributed by atoms with Gasteiger partial charge in [-0.15, -0.1) is 0 Å². The molecule has 3 aromatic carbocycles. The van der Waals surface area contributed by atoms with Crippen LogP contribution in [0.15, 0.2) is 48.5 Å². The van der Waals surface area contributed by atoms with Crippen molar-refractivity contribution in [2.45, 2.75) is 103 Å². The average molecular weight is 898 g/mol. The second-order valence-corrected chi connectivity index (χ2v) is 17.8. The number of likely N-dealkylation sites (tertiary alicyclic amines) is 2. The summed E-state index contributed by atoms with van der Waals surface area (Å²) in [6, 6.07) is 12.4. The molecule has 3 aliphatic heterocycles. The zero-order valence-electron chi connectivity index (χ0n) is 37.7. The van der Waals surface area contributed by atoms with Crippen molar-refractivity contribution in [1.82, 2.24) is 40.4 Å². The number of nitrogens with zero attached hydrogens (tertiary/aromatic N) is 5. The Morgan fingerprint density at radius 2 is 1.23 bits per heavy atom. The van der Waals surface area contributed by atoms with Crippen molar-refractivity contribution in [3.05, 3.63) is 82.9 Å². The molecule has 2 aromatic heterocycles. The summed E-state index contributed by atoms with van der Waals surface area (Å²) in [5.74, 6) is -1.74. The molecule has 0 aliphatic carbocycles. The van der Waals surface area contributed by atoms with Gasteiger partial charge in [-0.2, -0.15) is 0 Å². The van der Waals surface area contributed by atoms with Crippen LogP contribution in [-0.2, 0) is 19.1 Å². The molecule has 3 saturated heterocycles. The van der Waals surface area contributed by atoms with E-state index in [1.54, 1.807) is 9.80 Å². The SMILES string of the molecule is CNC(=O)O[C@H](C(=O)N1CCC[C@H]1c1nc2cc([C@H]3CC[C@H](c4ccc5[nH]c([C@@H]6CCCN6C(=O)[C@@H](NC(=O)OC)C(C)C)nc5c4)N3c3cc(F)c(OC)c(F)c3)ccc2[nH]1)C(C)C. The van der Waals surface area contributed by atoms with E-state index >= 15 is 8.78 Å². The highest BCUT2D eigenvalue weighted by molar-refractivity contribution is 5.87. The topological polar surface area (TPSA) is 187 Å². The number of imidazole rings is 2. The van der Waals surface area contributed by atoms with E-state index in [2.05, 4.69) is 20.6 Å². The highest BCUT2D eigenvalue weighted by Crippen LogP contribution is 2.49. The largest absolute Gasteiger partial charge is 0.491 e. The molecule has 0 radical (unpaired) electrons. The van der Waals surface area contributed by atoms with Gasteiger partial charge in [-0.25, -0.2) is 28.3 Å². The van der Waals surface area contributed by atoms with Gasteiger partial charge in [0.1, 0.15) is 17.7 Å². The standard InChI is InChI=1S/C47H57F2N9O7/c1-24(2)39(55-47(62)64-7)44(59)56-18-8-10-37(56)42-51-31-14-12-26(20-33(31)53-42)35-16-17-36(58(35)28-22-29(48)41(63-6)30(49)23-28)27-13-15-32-34(21-27)54-43(52-32)38-11-9-19-57(38)45(60)40(25(3)4)65-46(61)50-5/h12-15,20-25,35-40H,8-11,16-19H2,1-7H3,(H,50,61)(H,51,53)(H,52,54)(H,55,62)/t35-,36-,37+,38+,39+,40+/m1/s1. The van der Waals surface area contributed by atoms with Gasteiger partial charge in [0.15, 0.2) is 23.5 Å². The number of carbonyl (C=O) groups is 4. The summed E-state index contributed by atoms with van der Waals surface area (Å²) in [5.41, 5.74) is 5.05. The number of ether oxygens (including phenoxy) is 3. The molecule has 0 spiro atoms. The number of aromatic nitrogens is 4. The van der Waals surface area contributed by atoms with E-state index in [4.69, 9.17) is 24.2 Å². The molecule has 5 aromatic rings. The molecular weight excluding hydrogens is 841 g/mol. The summed E-state index contributed by atoms with van der Waals surface area (Å²) in [5, 5.41) is 5.12. The lowest BCUT2D eigenvalue weighted by atomic mass is 10.0. The molecule has 0 saturated carbocycles. The highest BCUT2D eigenvalue weighted by atomic mass is 19.1. The molecule has 6 atom stereocenters. The minimum atomic E-state index is -0.953. The number of alkyl carbamates (subject to hydrolysis) is 2. The molecule has 65 heavy (non-hydrogen) atoms. The summed E-state index contributed by atoms with van der Waals surface area (Å²) < 4.78 is 46.4. The van der Waals surface area contributed by atoms with Crippen LogP contribution in [0.1, 0.15) is 113 Å². The molecule has 3 aliphatic rings. The number of hydrogen-bond donors (Lipinski definition) is 4. The Balaban J connectivity index is 1.10. The Hall–Kier alpha value is -6.46. The summed E-state index contributed by atoms with van der Waals surface area (Å²) in [6.45, 7) is 8.43. The Labute approximate surface area is 375 Å². The van der Waals surface area contributed by atoms with E-state index in [0.29, 0.717) is 67.1 Å². The van der Waals surface area contributed by atoms with E-state index < -0.39 is 41.7 Å². The predicted octanol–water partition coefficient (Wildman–Crippen LogP) is 7.90. The van der Waals surface area contributed by atoms with Gasteiger partial charge in [0.25, 0.3) is 5.91 Å². The number of nitrogens with one attached hydrogen (secondary N) is 4. The number of H-pyrrole nitrogens is 2. The maximum atomic E-state index is 15.5. The Kier molecular flexibility index (Phi) is 12.9. The molecule has 18 heteroatoms. The monoisotopic (exact) mass is 897 g/mol. The van der Waals surface area contributed by atoms with Gasteiger partial charge in [-0.1, -0.05) is 39.8 Å². The number of fused-ring (bicyclic) bond motifs is 2. The summed E-state index contributed by atoms with van der Waals surface area (Å²) in [7, 11) is 3.95. The lowest BCUT2D eigenvalue weighted by Gasteiger charge is -2.33. The van der Waals surface area contributed by atoms with E-state index in [1.165, 1.54) is 33.4 Å². The zero-order chi connectivity index (χ0) is 46.3. The first kappa shape index (κ1) is 45.1. The van der Waals surface area contributed by atoms with Gasteiger partial charge < -0.3 is 49.5 Å². The smallest absolute Gasteiger partial charge is 0.407 e. The Morgan fingerprint density at radius 3 is 1.69 bits per heavy atom. The third kappa shape index (κ3) is 8.74. The normalized spacial score (nSPS) is 20.8. The van der Waals surface area contributed by atoms with Crippen LogP contribution < -0.4 is 20.3 Å². The first-order chi connectivity index (χ1) is 31.2. The molecule has 4 amide bonds. The molecule has 5 heterocycles. The van der Waals surface area contributed by atoms with Crippen LogP contribution >= 0.6 is 0 Å². The fraction of sp³-hybridized carbons (Fsp3) is 0.489. The Bertz CT molecular complexity index is 2430. The summed E-state index contributed by atoms with van der Waals surface area (Å²) in [6.07, 6.45) is 1.91. The number of aromatic amines is 2. The minimum absolute atomic E-state index is 0.174. The van der Waals surface area contributed by atoms with Crippen LogP contribution in [0.5, 0.6) is 5.75 Å². The highest BCUT2D eigenvalue weighted by Gasteiger charge is 2.41. The van der Waals surface area contributed by atoms with Gasteiger partial charge in [0.2, 0.25) is 5.91 Å². The van der Waals surface area contributed by atoms with Crippen LogP contribution in [-0.4, -0.2) is 100 Å². The molecule has 4 N–H and O–H groups in total. The first-order valence-electron chi connectivity index (χ1n) is 22.4. The maximum Gasteiger partial charge on any atom is 0.407 e. The van der Waals surface area contributed by atoms with Crippen molar-refractivity contribution >= 4 is 51.8 Å². The van der Waals surface area contributed by atoms with Crippen molar-refractivity contribution in [1.29, 1.82) is 0 Å². The van der Waals surface area contributed by atoms with E-state index in [-0.39, 0.29) is 47.8 Å². The van der Waals surface area contributed by atoms with Crippen LogP contribution in [0.2, 0.25) is 0 Å². The molecule has 0 bridgehead atoms. The number of amides is 4. The third-order valence-corrected chi connectivity index (χ3v) is 13.1. The number of carbonyl (C=O) groups excluding carboxylic acids is 4. The number of halogens is 2. The van der Waals surface area contributed by atoms with Crippen molar-refractivity contribution in [2.75, 3.05) is 39.3 Å². The molecular formula is C47H57F2N9O7. The van der Waals surface area contributed by atoms with Crippen molar-refractivity contribution < 1.29 is 42.2 Å². The van der Waals surface area contributed by atoms with Crippen molar-refractivity contribution in [2.24, 2.45) is 11.8 Å². The van der Waals surface area contributed by atoms with Crippen LogP contribution in [0.25, 0.3) is 22.1 Å². The van der Waals surface area contributed by atoms with Gasteiger partial charge in [-0.3, -0.25) is 9.59 Å². The number of anilines is 1. The number of methoxy groups -OCH3 is 2. The summed E-state index contributed by atoms with van der Waals surface area (Å²) >= 11 is 0. The predicted molar refractivity (Wildman–Crippen MR) is 238 cm³/mol. The van der Waals surface area contributed by atoms with Crippen molar-refractivity contribution in [3.63, 3.8) is 0 Å². The fourth-order valence-electron chi connectivity index (χ4n) is 9.85. The van der Waals surface area contributed by atoms with Gasteiger partial charge in [-0.05, 0) is 85.8 Å². The molecule has 8 rings (SSSR count). The first-order valence-corrected chi connectivity index (χ1v) is 22.4. The minimum Gasteiger partial charge on any atom is -0.491 e. The maximum absolute atomic E-state index is 15.5. The van der Waals surface area contributed by atoms with Crippen LogP contribution in [0, 0.1) is 23.5 Å². The molecule has 16 nitrogen and oxygen atoms in total. The number of rotatable bonds is 12. The second kappa shape index (κ2) is 18.6. The molecule has 3 fully saturated rings. The lowest BCUT2D eigenvalue weighted by Crippen LogP contribution is -2.51. The second-order valence-electron chi connectivity index (χ2n) is 17.8. The van der Waals surface area contributed by atoms with Crippen LogP contribution in [0.4, 0.5) is 24.1 Å². The number of benzene rings is 3. The van der Waals surface area contributed by atoms with E-state index in [0.717, 1.165) is 35.0 Å². The average Bonchev–Trinajstić information content (AvgIpc) is 4.14. The zero-order valence-corrected chi connectivity index (χ0v) is 37.7. The molecule has 346 valence electrons. The van der Waals surface area contributed by atoms with E-state index in [1.807, 2.05) is 69.0 Å². The lowest BCUT2D eigenvalue weighted by molar-refractivity contribution is -0.143. The van der Waals surface area contributed by atoms with Crippen LogP contribution in [0.3, 0.4) is 0 Å². The quantitative estimate of drug-likeness (QED) is 0.0959. The number of hydrogen-bond acceptors (Lipinski definition) is 10. The molecule has 0 unspecified atom stereocenters. The fourth-order valence-corrected chi connectivity index (χ4v) is 9.85. The van der Waals surface area contributed by atoms with Crippen molar-refractivity contribution in [3.8, 4) is 5.75 Å².